The number of aromatic hydroxyl groups is 1. The molecule has 47 heavy (non-hydrogen) atoms. The van der Waals surface area contributed by atoms with Crippen LogP contribution < -0.4 is 4.74 Å². The van der Waals surface area contributed by atoms with Crippen molar-refractivity contribution >= 4 is 34.2 Å². The molecule has 0 unspecified atom stereocenters. The molecule has 9 heteroatoms. The van der Waals surface area contributed by atoms with E-state index in [1.165, 1.54) is 6.42 Å². The maximum atomic E-state index is 11.4. The van der Waals surface area contributed by atoms with Crippen LogP contribution in [-0.2, 0) is 30.1 Å². The second-order valence-corrected chi connectivity index (χ2v) is 13.7. The van der Waals surface area contributed by atoms with Gasteiger partial charge in [0, 0.05) is 37.0 Å². The number of hydrogen-bond acceptors (Lipinski definition) is 7. The molecule has 3 rings (SSSR count). The highest BCUT2D eigenvalue weighted by Gasteiger charge is 2.49. The monoisotopic (exact) mass is 788 g/mol. The van der Waals surface area contributed by atoms with E-state index in [0.29, 0.717) is 56.6 Å². The lowest BCUT2D eigenvalue weighted by Crippen LogP contribution is -2.58. The minimum absolute atomic E-state index is 0.0793. The molecule has 2 aromatic rings. The Bertz CT molecular complexity index is 1120. The number of benzene rings is 2. The van der Waals surface area contributed by atoms with E-state index in [1.54, 1.807) is 6.07 Å². The molecule has 2 aromatic carbocycles. The third-order valence-corrected chi connectivity index (χ3v) is 9.51. The number of phenolic OH excluding ortho intramolecular Hbond substituents is 1. The molecule has 0 spiro atoms. The summed E-state index contributed by atoms with van der Waals surface area (Å²) >= 11 is 9.16. The number of rotatable bonds is 24. The van der Waals surface area contributed by atoms with Gasteiger partial charge in [-0.15, -0.1) is 0 Å². The number of phenols is 1. The standard InChI is InChI=1S/C38H58ClIO7/c1-5-9-21-44-36-34(27-42-20-14-12-13-19-40)47-35(37(45-22-10-6-2)38(36)46-23-11-7-3)31-25-29(32(39)26-33(31)41)24-28-15-17-30(18-16-28)43-8-4/h15-18,25-26,34-38,41H,5-14,19-24,27H2,1-4H3/t34-,35+,36-,37+,38+/m1/s1. The summed E-state index contributed by atoms with van der Waals surface area (Å²) in [6.45, 7) is 11.9. The van der Waals surface area contributed by atoms with E-state index in [9.17, 15) is 5.11 Å². The number of hydrogen-bond donors (Lipinski definition) is 1. The van der Waals surface area contributed by atoms with E-state index < -0.39 is 24.4 Å². The molecule has 1 aliphatic rings. The molecule has 1 aliphatic heterocycles. The fraction of sp³-hybridized carbons (Fsp3) is 0.684. The molecule has 5 atom stereocenters. The lowest BCUT2D eigenvalue weighted by Gasteiger charge is -2.46. The van der Waals surface area contributed by atoms with E-state index in [2.05, 4.69) is 43.4 Å². The predicted molar refractivity (Wildman–Crippen MR) is 199 cm³/mol. The Balaban J connectivity index is 1.99. The zero-order valence-electron chi connectivity index (χ0n) is 29.0. The normalized spacial score (nSPS) is 21.3. The smallest absolute Gasteiger partial charge is 0.122 e. The molecule has 1 fully saturated rings. The van der Waals surface area contributed by atoms with E-state index in [1.807, 2.05) is 37.3 Å². The fourth-order valence-electron chi connectivity index (χ4n) is 5.72. The predicted octanol–water partition coefficient (Wildman–Crippen LogP) is 9.65. The van der Waals surface area contributed by atoms with Gasteiger partial charge in [-0.3, -0.25) is 0 Å². The Morgan fingerprint density at radius 2 is 1.40 bits per heavy atom. The van der Waals surface area contributed by atoms with E-state index in [-0.39, 0.29) is 11.9 Å². The second kappa shape index (κ2) is 23.3. The van der Waals surface area contributed by atoms with Crippen molar-refractivity contribution in [3.05, 3.63) is 58.1 Å². The van der Waals surface area contributed by atoms with Gasteiger partial charge in [-0.1, -0.05) is 92.8 Å². The Kier molecular flexibility index (Phi) is 20.0. The highest BCUT2D eigenvalue weighted by Crippen LogP contribution is 2.42. The van der Waals surface area contributed by atoms with Crippen molar-refractivity contribution in [1.82, 2.24) is 0 Å². The largest absolute Gasteiger partial charge is 0.508 e. The van der Waals surface area contributed by atoms with Crippen LogP contribution in [0.25, 0.3) is 0 Å². The van der Waals surface area contributed by atoms with Gasteiger partial charge < -0.3 is 33.5 Å². The van der Waals surface area contributed by atoms with Crippen molar-refractivity contribution in [3.8, 4) is 11.5 Å². The highest BCUT2D eigenvalue weighted by atomic mass is 127. The number of unbranched alkanes of at least 4 members (excludes halogenated alkanes) is 5. The minimum atomic E-state index is -0.603. The lowest BCUT2D eigenvalue weighted by molar-refractivity contribution is -0.268. The Hall–Kier alpha value is -1.14. The summed E-state index contributed by atoms with van der Waals surface area (Å²) in [5, 5.41) is 11.9. The molecular weight excluding hydrogens is 731 g/mol. The summed E-state index contributed by atoms with van der Waals surface area (Å²) in [4.78, 5) is 0. The van der Waals surface area contributed by atoms with Gasteiger partial charge in [0.1, 0.15) is 42.0 Å². The lowest BCUT2D eigenvalue weighted by atomic mass is 9.88. The Morgan fingerprint density at radius 1 is 0.766 bits per heavy atom. The minimum Gasteiger partial charge on any atom is -0.508 e. The maximum absolute atomic E-state index is 11.4. The van der Waals surface area contributed by atoms with Crippen molar-refractivity contribution in [2.24, 2.45) is 0 Å². The van der Waals surface area contributed by atoms with Crippen LogP contribution in [0.1, 0.15) is 108 Å². The SMILES string of the molecule is CCCCO[C@@H]1[C@@H](OCCCC)[C@H](c2cc(Cc3ccc(OCC)cc3)c(Cl)cc2O)O[C@H](COCCCCCI)[C@H]1OCCCC. The quantitative estimate of drug-likeness (QED) is 0.0645. The zero-order chi connectivity index (χ0) is 33.9. The third-order valence-electron chi connectivity index (χ3n) is 8.39. The number of ether oxygens (including phenoxy) is 6. The van der Waals surface area contributed by atoms with Gasteiger partial charge in [-0.05, 0) is 85.3 Å². The molecule has 0 radical (unpaired) electrons. The molecule has 0 saturated carbocycles. The molecule has 0 aliphatic carbocycles. The first-order valence-corrected chi connectivity index (χ1v) is 19.7. The van der Waals surface area contributed by atoms with Crippen molar-refractivity contribution in [2.45, 2.75) is 122 Å². The van der Waals surface area contributed by atoms with E-state index >= 15 is 0 Å². The number of halogens is 2. The van der Waals surface area contributed by atoms with Gasteiger partial charge in [-0.2, -0.15) is 0 Å². The van der Waals surface area contributed by atoms with Crippen LogP contribution in [0.2, 0.25) is 5.02 Å². The van der Waals surface area contributed by atoms with Crippen LogP contribution in [0.3, 0.4) is 0 Å². The van der Waals surface area contributed by atoms with Gasteiger partial charge >= 0.3 is 0 Å². The second-order valence-electron chi connectivity index (χ2n) is 12.2. The molecule has 1 saturated heterocycles. The van der Waals surface area contributed by atoms with Gasteiger partial charge in [0.05, 0.1) is 13.2 Å². The van der Waals surface area contributed by atoms with Gasteiger partial charge in [0.2, 0.25) is 0 Å². The molecule has 7 nitrogen and oxygen atoms in total. The summed E-state index contributed by atoms with van der Waals surface area (Å²) in [5.74, 6) is 0.912. The fourth-order valence-corrected chi connectivity index (χ4v) is 6.48. The summed E-state index contributed by atoms with van der Waals surface area (Å²) in [6.07, 6.45) is 7.51. The molecule has 0 amide bonds. The first-order chi connectivity index (χ1) is 23.0. The molecule has 0 bridgehead atoms. The molecule has 1 heterocycles. The van der Waals surface area contributed by atoms with Crippen LogP contribution in [0.15, 0.2) is 36.4 Å². The van der Waals surface area contributed by atoms with Gasteiger partial charge in [0.25, 0.3) is 0 Å². The van der Waals surface area contributed by atoms with Crippen LogP contribution in [0.4, 0.5) is 0 Å². The average Bonchev–Trinajstić information content (AvgIpc) is 3.06. The van der Waals surface area contributed by atoms with Crippen LogP contribution in [0.5, 0.6) is 11.5 Å². The maximum Gasteiger partial charge on any atom is 0.122 e. The van der Waals surface area contributed by atoms with E-state index in [4.69, 9.17) is 40.0 Å². The van der Waals surface area contributed by atoms with Crippen LogP contribution in [-0.4, -0.2) is 73.6 Å². The van der Waals surface area contributed by atoms with Crippen molar-refractivity contribution < 1.29 is 33.5 Å². The van der Waals surface area contributed by atoms with Gasteiger partial charge in [-0.25, -0.2) is 0 Å². The summed E-state index contributed by atoms with van der Waals surface area (Å²) in [7, 11) is 0. The first kappa shape index (κ1) is 40.3. The molecule has 0 aromatic heterocycles. The third kappa shape index (κ3) is 13.3. The molecular formula is C38H58ClIO7. The topological polar surface area (TPSA) is 75.6 Å². The Labute approximate surface area is 302 Å². The van der Waals surface area contributed by atoms with Gasteiger partial charge in [0.15, 0.2) is 0 Å². The van der Waals surface area contributed by atoms with Crippen molar-refractivity contribution in [2.75, 3.05) is 44.1 Å². The summed E-state index contributed by atoms with van der Waals surface area (Å²) in [5.41, 5.74) is 2.62. The average molecular weight is 789 g/mol. The summed E-state index contributed by atoms with van der Waals surface area (Å²) in [6, 6.07) is 11.6. The van der Waals surface area contributed by atoms with Crippen molar-refractivity contribution in [1.29, 1.82) is 0 Å². The Morgan fingerprint density at radius 3 is 2.02 bits per heavy atom. The molecule has 266 valence electrons. The summed E-state index contributed by atoms with van der Waals surface area (Å²) < 4.78 is 39.8. The van der Waals surface area contributed by atoms with E-state index in [0.717, 1.165) is 72.7 Å². The van der Waals surface area contributed by atoms with Crippen LogP contribution >= 0.6 is 34.2 Å². The van der Waals surface area contributed by atoms with Crippen molar-refractivity contribution in [3.63, 3.8) is 0 Å². The zero-order valence-corrected chi connectivity index (χ0v) is 31.9. The molecule has 1 N–H and O–H groups in total. The first-order valence-electron chi connectivity index (χ1n) is 17.8. The number of alkyl halides is 1. The van der Waals surface area contributed by atoms with Crippen LogP contribution in [0, 0.1) is 0 Å². The highest BCUT2D eigenvalue weighted by molar-refractivity contribution is 14.1.